The van der Waals surface area contributed by atoms with E-state index in [4.69, 9.17) is 0 Å². The van der Waals surface area contributed by atoms with Gasteiger partial charge in [0.15, 0.2) is 0 Å². The highest BCUT2D eigenvalue weighted by Gasteiger charge is 2.42. The fourth-order valence-corrected chi connectivity index (χ4v) is 5.12. The zero-order valence-corrected chi connectivity index (χ0v) is 16.2. The summed E-state index contributed by atoms with van der Waals surface area (Å²) in [6, 6.07) is 7.86. The van der Waals surface area contributed by atoms with Gasteiger partial charge in [0, 0.05) is 13.1 Å². The third kappa shape index (κ3) is 3.86. The number of carbonyl (C=O) groups excluding carboxylic acids is 2. The van der Waals surface area contributed by atoms with Crippen molar-refractivity contribution in [3.63, 3.8) is 0 Å². The highest BCUT2D eigenvalue weighted by atomic mass is 32.2. The number of rotatable bonds is 5. The van der Waals surface area contributed by atoms with Crippen molar-refractivity contribution >= 4 is 23.6 Å². The number of nitrogens with zero attached hydrogens (tertiary/aromatic N) is 2. The highest BCUT2D eigenvalue weighted by molar-refractivity contribution is 8.00. The molecule has 0 radical (unpaired) electrons. The fraction of sp³-hybridized carbons (Fsp3) is 0.600. The Kier molecular flexibility index (Phi) is 5.72. The van der Waals surface area contributed by atoms with Gasteiger partial charge in [0.25, 0.3) is 0 Å². The lowest BCUT2D eigenvalue weighted by atomic mass is 9.99. The summed E-state index contributed by atoms with van der Waals surface area (Å²) in [5.74, 6) is 1.06. The molecule has 0 bridgehead atoms. The number of amides is 2. The number of hydrogen-bond acceptors (Lipinski definition) is 3. The number of hydrogen-bond donors (Lipinski definition) is 0. The average molecular weight is 361 g/mol. The van der Waals surface area contributed by atoms with Gasteiger partial charge in [-0.2, -0.15) is 0 Å². The molecule has 2 amide bonds. The minimum absolute atomic E-state index is 0.0518. The Labute approximate surface area is 154 Å². The van der Waals surface area contributed by atoms with E-state index in [1.54, 1.807) is 11.8 Å². The van der Waals surface area contributed by atoms with Crippen molar-refractivity contribution in [3.05, 3.63) is 35.4 Å². The first-order chi connectivity index (χ1) is 12.0. The van der Waals surface area contributed by atoms with E-state index in [1.165, 1.54) is 5.56 Å². The van der Waals surface area contributed by atoms with Gasteiger partial charge in [-0.05, 0) is 43.2 Å². The zero-order valence-electron chi connectivity index (χ0n) is 15.4. The molecule has 136 valence electrons. The van der Waals surface area contributed by atoms with Gasteiger partial charge in [-0.25, -0.2) is 0 Å². The van der Waals surface area contributed by atoms with Crippen LogP contribution in [0.4, 0.5) is 0 Å². The van der Waals surface area contributed by atoms with Crippen LogP contribution in [0.3, 0.4) is 0 Å². The highest BCUT2D eigenvalue weighted by Crippen LogP contribution is 2.42. The van der Waals surface area contributed by atoms with E-state index in [-0.39, 0.29) is 23.2 Å². The van der Waals surface area contributed by atoms with Gasteiger partial charge >= 0.3 is 0 Å². The maximum atomic E-state index is 13.2. The van der Waals surface area contributed by atoms with Crippen molar-refractivity contribution in [2.45, 2.75) is 51.4 Å². The second-order valence-corrected chi connectivity index (χ2v) is 8.57. The predicted molar refractivity (Wildman–Crippen MR) is 102 cm³/mol. The van der Waals surface area contributed by atoms with E-state index in [0.717, 1.165) is 37.9 Å². The van der Waals surface area contributed by atoms with Gasteiger partial charge in [0.05, 0.1) is 5.75 Å². The van der Waals surface area contributed by atoms with E-state index in [2.05, 4.69) is 32.9 Å². The van der Waals surface area contributed by atoms with Crippen LogP contribution in [0.5, 0.6) is 0 Å². The summed E-state index contributed by atoms with van der Waals surface area (Å²) >= 11 is 1.65. The van der Waals surface area contributed by atoms with E-state index in [0.29, 0.717) is 11.7 Å². The van der Waals surface area contributed by atoms with Gasteiger partial charge in [-0.15, -0.1) is 11.8 Å². The first-order valence-corrected chi connectivity index (χ1v) is 10.3. The van der Waals surface area contributed by atoms with Gasteiger partial charge in [0.2, 0.25) is 11.8 Å². The van der Waals surface area contributed by atoms with Crippen LogP contribution < -0.4 is 0 Å². The van der Waals surface area contributed by atoms with Crippen molar-refractivity contribution < 1.29 is 9.59 Å². The second-order valence-electron chi connectivity index (χ2n) is 7.50. The molecule has 2 fully saturated rings. The summed E-state index contributed by atoms with van der Waals surface area (Å²) in [6.45, 7) is 7.99. The molecule has 4 nitrogen and oxygen atoms in total. The molecule has 2 saturated heterocycles. The zero-order chi connectivity index (χ0) is 18.0. The molecule has 1 aromatic rings. The Hall–Kier alpha value is -1.49. The lowest BCUT2D eigenvalue weighted by Crippen LogP contribution is -2.50. The minimum Gasteiger partial charge on any atom is -0.341 e. The van der Waals surface area contributed by atoms with Crippen LogP contribution in [-0.4, -0.2) is 46.5 Å². The molecule has 2 atom stereocenters. The molecule has 0 aliphatic carbocycles. The molecule has 0 saturated carbocycles. The molecule has 0 aromatic heterocycles. The molecule has 3 rings (SSSR count). The third-order valence-electron chi connectivity index (χ3n) is 5.09. The van der Waals surface area contributed by atoms with Crippen LogP contribution in [-0.2, 0) is 9.59 Å². The van der Waals surface area contributed by atoms with Crippen LogP contribution in [0.25, 0.3) is 0 Å². The third-order valence-corrected chi connectivity index (χ3v) is 6.30. The Bertz CT molecular complexity index is 640. The van der Waals surface area contributed by atoms with E-state index >= 15 is 0 Å². The summed E-state index contributed by atoms with van der Waals surface area (Å²) in [6.07, 6.45) is 2.87. The van der Waals surface area contributed by atoms with Crippen LogP contribution in [0, 0.1) is 12.8 Å². The van der Waals surface area contributed by atoms with Crippen molar-refractivity contribution in [1.29, 1.82) is 0 Å². The van der Waals surface area contributed by atoms with Crippen molar-refractivity contribution in [1.82, 2.24) is 9.80 Å². The standard InChI is InChI=1S/C20H28N2O2S/c1-14(2)12-17(19(24)21-10-6-7-11-21)22-18(23)13-25-20(22)16-9-5-4-8-15(16)3/h4-5,8-9,14,17,20H,6-7,10-13H2,1-3H3. The second kappa shape index (κ2) is 7.81. The molecule has 2 aliphatic rings. The van der Waals surface area contributed by atoms with Gasteiger partial charge in [-0.3, -0.25) is 9.59 Å². The summed E-state index contributed by atoms with van der Waals surface area (Å²) < 4.78 is 0. The summed E-state index contributed by atoms with van der Waals surface area (Å²) in [7, 11) is 0. The molecular weight excluding hydrogens is 332 g/mol. The molecular formula is C20H28N2O2S. The Morgan fingerprint density at radius 2 is 1.92 bits per heavy atom. The summed E-state index contributed by atoms with van der Waals surface area (Å²) in [5, 5.41) is -0.0518. The van der Waals surface area contributed by atoms with Crippen LogP contribution in [0.15, 0.2) is 24.3 Å². The van der Waals surface area contributed by atoms with Gasteiger partial charge in [-0.1, -0.05) is 38.1 Å². The maximum absolute atomic E-state index is 13.2. The van der Waals surface area contributed by atoms with Crippen molar-refractivity contribution in [3.8, 4) is 0 Å². The van der Waals surface area contributed by atoms with E-state index < -0.39 is 0 Å². The fourth-order valence-electron chi connectivity index (χ4n) is 3.80. The molecule has 25 heavy (non-hydrogen) atoms. The van der Waals surface area contributed by atoms with E-state index in [9.17, 15) is 9.59 Å². The molecule has 0 spiro atoms. The first-order valence-electron chi connectivity index (χ1n) is 9.26. The van der Waals surface area contributed by atoms with Crippen molar-refractivity contribution in [2.75, 3.05) is 18.8 Å². The normalized spacial score (nSPS) is 22.1. The Morgan fingerprint density at radius 1 is 1.24 bits per heavy atom. The number of thioether (sulfide) groups is 1. The first kappa shape index (κ1) is 18.3. The van der Waals surface area contributed by atoms with Gasteiger partial charge in [0.1, 0.15) is 11.4 Å². The van der Waals surface area contributed by atoms with Crippen LogP contribution >= 0.6 is 11.8 Å². The Morgan fingerprint density at radius 3 is 2.56 bits per heavy atom. The molecule has 0 N–H and O–H groups in total. The number of carbonyl (C=O) groups is 2. The number of benzene rings is 1. The summed E-state index contributed by atoms with van der Waals surface area (Å²) in [4.78, 5) is 29.8. The van der Waals surface area contributed by atoms with E-state index in [1.807, 2.05) is 21.9 Å². The molecule has 2 aliphatic heterocycles. The quantitative estimate of drug-likeness (QED) is 0.805. The number of aryl methyl sites for hydroxylation is 1. The maximum Gasteiger partial charge on any atom is 0.245 e. The van der Waals surface area contributed by atoms with Gasteiger partial charge < -0.3 is 9.80 Å². The minimum atomic E-state index is -0.342. The number of likely N-dealkylation sites (tertiary alicyclic amines) is 1. The molecule has 1 aromatic carbocycles. The smallest absolute Gasteiger partial charge is 0.245 e. The monoisotopic (exact) mass is 360 g/mol. The SMILES string of the molecule is Cc1ccccc1C1SCC(=O)N1C(CC(C)C)C(=O)N1CCCC1. The topological polar surface area (TPSA) is 40.6 Å². The molecule has 2 unspecified atom stereocenters. The van der Waals surface area contributed by atoms with Crippen molar-refractivity contribution in [2.24, 2.45) is 5.92 Å². The summed E-state index contributed by atoms with van der Waals surface area (Å²) in [5.41, 5.74) is 2.33. The average Bonchev–Trinajstić information content (AvgIpc) is 3.22. The van der Waals surface area contributed by atoms with Crippen LogP contribution in [0.1, 0.15) is 49.6 Å². The predicted octanol–water partition coefficient (Wildman–Crippen LogP) is 3.61. The Balaban J connectivity index is 1.92. The molecule has 2 heterocycles. The largest absolute Gasteiger partial charge is 0.341 e. The van der Waals surface area contributed by atoms with Crippen LogP contribution in [0.2, 0.25) is 0 Å². The molecule has 5 heteroatoms. The lowest BCUT2D eigenvalue weighted by Gasteiger charge is -2.35. The lowest BCUT2D eigenvalue weighted by molar-refractivity contribution is -0.144.